The Morgan fingerprint density at radius 2 is 2.23 bits per heavy atom. The molecule has 0 radical (unpaired) electrons. The van der Waals surface area contributed by atoms with E-state index in [1.807, 2.05) is 19.9 Å². The molecule has 0 N–H and O–H groups in total. The highest BCUT2D eigenvalue weighted by Crippen LogP contribution is 2.34. The second-order valence-electron chi connectivity index (χ2n) is 4.10. The Hall–Kier alpha value is -0.830. The van der Waals surface area contributed by atoms with Crippen LogP contribution in [0.3, 0.4) is 0 Å². The molecule has 0 aromatic carbocycles. The zero-order valence-corrected chi connectivity index (χ0v) is 8.59. The first-order valence-electron chi connectivity index (χ1n) is 4.36. The zero-order chi connectivity index (χ0) is 10.1. The van der Waals surface area contributed by atoms with Crippen LogP contribution in [-0.2, 0) is 14.3 Å². The van der Waals surface area contributed by atoms with Crippen molar-refractivity contribution in [2.75, 3.05) is 13.7 Å². The summed E-state index contributed by atoms with van der Waals surface area (Å²) in [4.78, 5) is 11.4. The van der Waals surface area contributed by atoms with Gasteiger partial charge in [-0.05, 0) is 13.0 Å². The van der Waals surface area contributed by atoms with E-state index in [2.05, 4.69) is 0 Å². The number of rotatable bonds is 3. The first-order chi connectivity index (χ1) is 5.97. The van der Waals surface area contributed by atoms with Gasteiger partial charge in [-0.2, -0.15) is 0 Å². The summed E-state index contributed by atoms with van der Waals surface area (Å²) in [5.74, 6) is 0.353. The highest BCUT2D eigenvalue weighted by atomic mass is 16.5. The lowest BCUT2D eigenvalue weighted by molar-refractivity contribution is -0.144. The van der Waals surface area contributed by atoms with Crippen molar-refractivity contribution in [3.63, 3.8) is 0 Å². The van der Waals surface area contributed by atoms with Gasteiger partial charge in [-0.25, -0.2) is 0 Å². The van der Waals surface area contributed by atoms with Crippen molar-refractivity contribution in [3.8, 4) is 0 Å². The SMILES string of the molecule is COCC(C)(C)C1C=C(C)OC1=O. The van der Waals surface area contributed by atoms with Gasteiger partial charge in [-0.1, -0.05) is 13.8 Å². The van der Waals surface area contributed by atoms with Gasteiger partial charge >= 0.3 is 5.97 Å². The molecular formula is C10H16O3. The molecule has 3 nitrogen and oxygen atoms in total. The third-order valence-corrected chi connectivity index (χ3v) is 2.28. The molecule has 0 aromatic rings. The van der Waals surface area contributed by atoms with Gasteiger partial charge in [-0.15, -0.1) is 0 Å². The molecule has 1 rings (SSSR count). The summed E-state index contributed by atoms with van der Waals surface area (Å²) >= 11 is 0. The number of carbonyl (C=O) groups excluding carboxylic acids is 1. The highest BCUT2D eigenvalue weighted by molar-refractivity contribution is 5.79. The van der Waals surface area contributed by atoms with Crippen LogP contribution in [0.2, 0.25) is 0 Å². The first-order valence-corrected chi connectivity index (χ1v) is 4.36. The molecule has 1 atom stereocenters. The van der Waals surface area contributed by atoms with Crippen molar-refractivity contribution in [3.05, 3.63) is 11.8 Å². The Kier molecular flexibility index (Phi) is 2.76. The molecule has 1 aliphatic rings. The van der Waals surface area contributed by atoms with E-state index >= 15 is 0 Å². The summed E-state index contributed by atoms with van der Waals surface area (Å²) in [7, 11) is 1.64. The standard InChI is InChI=1S/C10H16O3/c1-7-5-8(9(11)13-7)10(2,3)6-12-4/h5,8H,6H2,1-4H3. The summed E-state index contributed by atoms with van der Waals surface area (Å²) in [6.07, 6.45) is 1.86. The van der Waals surface area contributed by atoms with Gasteiger partial charge in [0.2, 0.25) is 0 Å². The first kappa shape index (κ1) is 10.3. The lowest BCUT2D eigenvalue weighted by atomic mass is 9.80. The molecule has 1 heterocycles. The second-order valence-corrected chi connectivity index (χ2v) is 4.10. The summed E-state index contributed by atoms with van der Waals surface area (Å²) in [5, 5.41) is 0. The van der Waals surface area contributed by atoms with Crippen LogP contribution in [0.1, 0.15) is 20.8 Å². The van der Waals surface area contributed by atoms with Gasteiger partial charge in [0.1, 0.15) is 5.76 Å². The molecule has 74 valence electrons. The third-order valence-electron chi connectivity index (χ3n) is 2.28. The van der Waals surface area contributed by atoms with E-state index in [1.165, 1.54) is 0 Å². The molecule has 1 unspecified atom stereocenters. The zero-order valence-electron chi connectivity index (χ0n) is 8.59. The van der Waals surface area contributed by atoms with E-state index < -0.39 is 0 Å². The van der Waals surface area contributed by atoms with Crippen molar-refractivity contribution in [2.45, 2.75) is 20.8 Å². The minimum absolute atomic E-state index is 0.167. The van der Waals surface area contributed by atoms with E-state index in [4.69, 9.17) is 9.47 Å². The van der Waals surface area contributed by atoms with E-state index in [0.29, 0.717) is 12.4 Å². The number of hydrogen-bond donors (Lipinski definition) is 0. The highest BCUT2D eigenvalue weighted by Gasteiger charge is 2.38. The van der Waals surface area contributed by atoms with E-state index in [-0.39, 0.29) is 17.3 Å². The van der Waals surface area contributed by atoms with Gasteiger partial charge in [0, 0.05) is 12.5 Å². The smallest absolute Gasteiger partial charge is 0.318 e. The number of allylic oxidation sites excluding steroid dienone is 1. The van der Waals surface area contributed by atoms with Gasteiger partial charge in [-0.3, -0.25) is 4.79 Å². The number of cyclic esters (lactones) is 1. The fourth-order valence-corrected chi connectivity index (χ4v) is 1.57. The molecule has 13 heavy (non-hydrogen) atoms. The summed E-state index contributed by atoms with van der Waals surface area (Å²) in [5.41, 5.74) is -0.191. The van der Waals surface area contributed by atoms with Crippen molar-refractivity contribution >= 4 is 5.97 Å². The predicted molar refractivity (Wildman–Crippen MR) is 49.0 cm³/mol. The lowest BCUT2D eigenvalue weighted by Crippen LogP contribution is -2.31. The van der Waals surface area contributed by atoms with Gasteiger partial charge in [0.25, 0.3) is 0 Å². The van der Waals surface area contributed by atoms with Crippen molar-refractivity contribution in [2.24, 2.45) is 11.3 Å². The van der Waals surface area contributed by atoms with Crippen LogP contribution in [0.25, 0.3) is 0 Å². The molecule has 1 aliphatic heterocycles. The maximum Gasteiger partial charge on any atom is 0.318 e. The molecule has 0 saturated carbocycles. The van der Waals surface area contributed by atoms with Crippen LogP contribution in [0, 0.1) is 11.3 Å². The molecule has 0 aromatic heterocycles. The number of carbonyl (C=O) groups is 1. The fraction of sp³-hybridized carbons (Fsp3) is 0.700. The Balaban J connectivity index is 2.76. The summed E-state index contributed by atoms with van der Waals surface area (Å²) in [6, 6.07) is 0. The van der Waals surface area contributed by atoms with Crippen molar-refractivity contribution < 1.29 is 14.3 Å². The van der Waals surface area contributed by atoms with E-state index in [9.17, 15) is 4.79 Å². The number of esters is 1. The van der Waals surface area contributed by atoms with Crippen LogP contribution < -0.4 is 0 Å². The maximum absolute atomic E-state index is 11.4. The maximum atomic E-state index is 11.4. The largest absolute Gasteiger partial charge is 0.431 e. The van der Waals surface area contributed by atoms with Crippen LogP contribution >= 0.6 is 0 Å². The minimum atomic E-state index is -0.191. The number of ether oxygens (including phenoxy) is 2. The quantitative estimate of drug-likeness (QED) is 0.627. The molecule has 3 heteroatoms. The molecule has 0 amide bonds. The van der Waals surface area contributed by atoms with Gasteiger partial charge < -0.3 is 9.47 Å². The molecule has 0 saturated heterocycles. The third kappa shape index (κ3) is 2.10. The van der Waals surface area contributed by atoms with Crippen LogP contribution in [0.5, 0.6) is 0 Å². The van der Waals surface area contributed by atoms with Gasteiger partial charge in [0.15, 0.2) is 0 Å². The normalized spacial score (nSPS) is 22.9. The number of hydrogen-bond acceptors (Lipinski definition) is 3. The van der Waals surface area contributed by atoms with Crippen LogP contribution in [0.15, 0.2) is 11.8 Å². The van der Waals surface area contributed by atoms with Crippen molar-refractivity contribution in [1.29, 1.82) is 0 Å². The summed E-state index contributed by atoms with van der Waals surface area (Å²) < 4.78 is 10.0. The average Bonchev–Trinajstić information content (AvgIpc) is 2.30. The second kappa shape index (κ2) is 3.50. The Bertz CT molecular complexity index is 241. The Morgan fingerprint density at radius 3 is 2.62 bits per heavy atom. The van der Waals surface area contributed by atoms with Crippen molar-refractivity contribution in [1.82, 2.24) is 0 Å². The molecule has 0 aliphatic carbocycles. The molecule has 0 fully saturated rings. The topological polar surface area (TPSA) is 35.5 Å². The van der Waals surface area contributed by atoms with Gasteiger partial charge in [0.05, 0.1) is 12.5 Å². The monoisotopic (exact) mass is 184 g/mol. The molecule has 0 bridgehead atoms. The Morgan fingerprint density at radius 1 is 1.62 bits per heavy atom. The fourth-order valence-electron chi connectivity index (χ4n) is 1.57. The molecule has 0 spiro atoms. The van der Waals surface area contributed by atoms with E-state index in [1.54, 1.807) is 14.0 Å². The summed E-state index contributed by atoms with van der Waals surface area (Å²) in [6.45, 7) is 6.34. The lowest BCUT2D eigenvalue weighted by Gasteiger charge is -2.26. The Labute approximate surface area is 78.7 Å². The minimum Gasteiger partial charge on any atom is -0.431 e. The molecular weight excluding hydrogens is 168 g/mol. The average molecular weight is 184 g/mol. The predicted octanol–water partition coefficient (Wildman–Crippen LogP) is 1.74. The van der Waals surface area contributed by atoms with Crippen LogP contribution in [-0.4, -0.2) is 19.7 Å². The number of methoxy groups -OCH3 is 1. The van der Waals surface area contributed by atoms with E-state index in [0.717, 1.165) is 0 Å². The van der Waals surface area contributed by atoms with Crippen LogP contribution in [0.4, 0.5) is 0 Å².